The van der Waals surface area contributed by atoms with Crippen LogP contribution in [0.3, 0.4) is 0 Å². The van der Waals surface area contributed by atoms with Crippen molar-refractivity contribution in [1.82, 2.24) is 10.2 Å². The minimum atomic E-state index is -0.648. The first-order chi connectivity index (χ1) is 14.8. The first kappa shape index (κ1) is 22.9. The third kappa shape index (κ3) is 5.70. The van der Waals surface area contributed by atoms with Gasteiger partial charge in [0.1, 0.15) is 5.82 Å². The van der Waals surface area contributed by atoms with Gasteiger partial charge in [-0.05, 0) is 48.9 Å². The van der Waals surface area contributed by atoms with Crippen LogP contribution in [0, 0.1) is 5.82 Å². The number of likely N-dealkylation sites (N-methyl/N-ethyl adjacent to an activating group) is 1. The SMILES string of the molecule is CC(=O)NC[C@]1(c2ccccc2)CC[C@@H](O)[C@H](N(C)C(=O)Cc2ccc(F)cc2)CC1. The minimum Gasteiger partial charge on any atom is -0.391 e. The third-order valence-corrected chi connectivity index (χ3v) is 6.50. The largest absolute Gasteiger partial charge is 0.391 e. The lowest BCUT2D eigenvalue weighted by Gasteiger charge is -2.34. The Hall–Kier alpha value is -2.73. The van der Waals surface area contributed by atoms with Gasteiger partial charge in [0.25, 0.3) is 0 Å². The zero-order chi connectivity index (χ0) is 22.4. The maximum atomic E-state index is 13.1. The van der Waals surface area contributed by atoms with E-state index in [1.165, 1.54) is 19.1 Å². The van der Waals surface area contributed by atoms with Crippen molar-refractivity contribution in [2.75, 3.05) is 13.6 Å². The summed E-state index contributed by atoms with van der Waals surface area (Å²) in [6.07, 6.45) is 2.14. The van der Waals surface area contributed by atoms with Crippen molar-refractivity contribution in [2.45, 2.75) is 56.6 Å². The summed E-state index contributed by atoms with van der Waals surface area (Å²) in [4.78, 5) is 26.1. The van der Waals surface area contributed by atoms with Crippen LogP contribution in [0.4, 0.5) is 4.39 Å². The number of aliphatic hydroxyl groups is 1. The second-order valence-corrected chi connectivity index (χ2v) is 8.58. The number of halogens is 1. The van der Waals surface area contributed by atoms with Crippen LogP contribution in [0.2, 0.25) is 0 Å². The Morgan fingerprint density at radius 1 is 1.10 bits per heavy atom. The molecule has 0 aliphatic heterocycles. The molecule has 1 aliphatic carbocycles. The van der Waals surface area contributed by atoms with Crippen LogP contribution in [0.25, 0.3) is 0 Å². The summed E-state index contributed by atoms with van der Waals surface area (Å²) in [6.45, 7) is 2.01. The molecule has 5 nitrogen and oxygen atoms in total. The van der Waals surface area contributed by atoms with Crippen molar-refractivity contribution < 1.29 is 19.1 Å². The standard InChI is InChI=1S/C25H31FN2O3/c1-18(29)27-17-25(20-6-4-3-5-7-20)14-12-22(23(30)13-15-25)28(2)24(31)16-19-8-10-21(26)11-9-19/h3-11,22-23,30H,12-17H2,1-2H3,(H,27,29)/t22-,23-,25-/m1/s1. The van der Waals surface area contributed by atoms with Gasteiger partial charge in [0.2, 0.25) is 11.8 Å². The third-order valence-electron chi connectivity index (χ3n) is 6.50. The molecule has 1 saturated carbocycles. The van der Waals surface area contributed by atoms with Crippen LogP contribution in [0.5, 0.6) is 0 Å². The van der Waals surface area contributed by atoms with E-state index in [4.69, 9.17) is 0 Å². The Labute approximate surface area is 183 Å². The van der Waals surface area contributed by atoms with E-state index in [0.717, 1.165) is 24.0 Å². The number of rotatable bonds is 6. The van der Waals surface area contributed by atoms with Crippen molar-refractivity contribution in [3.8, 4) is 0 Å². The predicted octanol–water partition coefficient (Wildman–Crippen LogP) is 3.20. The van der Waals surface area contributed by atoms with E-state index >= 15 is 0 Å². The lowest BCUT2D eigenvalue weighted by atomic mass is 9.74. The van der Waals surface area contributed by atoms with Crippen LogP contribution in [0.1, 0.15) is 43.7 Å². The van der Waals surface area contributed by atoms with Crippen LogP contribution >= 0.6 is 0 Å². The highest BCUT2D eigenvalue weighted by molar-refractivity contribution is 5.79. The maximum absolute atomic E-state index is 13.1. The monoisotopic (exact) mass is 426 g/mol. The molecule has 0 aromatic heterocycles. The van der Waals surface area contributed by atoms with Gasteiger partial charge in [-0.3, -0.25) is 9.59 Å². The smallest absolute Gasteiger partial charge is 0.227 e. The second-order valence-electron chi connectivity index (χ2n) is 8.58. The molecule has 1 aliphatic rings. The molecule has 0 spiro atoms. The van der Waals surface area contributed by atoms with E-state index in [1.54, 1.807) is 24.1 Å². The van der Waals surface area contributed by atoms with E-state index in [0.29, 0.717) is 19.4 Å². The molecule has 1 fully saturated rings. The Morgan fingerprint density at radius 3 is 2.39 bits per heavy atom. The van der Waals surface area contributed by atoms with Gasteiger partial charge >= 0.3 is 0 Å². The molecular formula is C25H31FN2O3. The number of carbonyl (C=O) groups excluding carboxylic acids is 2. The quantitative estimate of drug-likeness (QED) is 0.697. The number of aliphatic hydroxyl groups excluding tert-OH is 1. The average molecular weight is 427 g/mol. The number of amides is 2. The predicted molar refractivity (Wildman–Crippen MR) is 118 cm³/mol. The Bertz CT molecular complexity index is 887. The van der Waals surface area contributed by atoms with E-state index in [9.17, 15) is 19.1 Å². The fourth-order valence-corrected chi connectivity index (χ4v) is 4.55. The molecule has 0 heterocycles. The van der Waals surface area contributed by atoms with Crippen molar-refractivity contribution in [3.63, 3.8) is 0 Å². The normalized spacial score (nSPS) is 23.6. The van der Waals surface area contributed by atoms with Crippen molar-refractivity contribution in [1.29, 1.82) is 0 Å². The molecule has 6 heteroatoms. The second kappa shape index (κ2) is 10.1. The summed E-state index contributed by atoms with van der Waals surface area (Å²) >= 11 is 0. The molecule has 3 rings (SSSR count). The van der Waals surface area contributed by atoms with Crippen molar-refractivity contribution in [3.05, 3.63) is 71.5 Å². The highest BCUT2D eigenvalue weighted by Gasteiger charge is 2.39. The minimum absolute atomic E-state index is 0.0803. The topological polar surface area (TPSA) is 69.6 Å². The molecule has 0 radical (unpaired) electrons. The van der Waals surface area contributed by atoms with Gasteiger partial charge in [-0.2, -0.15) is 0 Å². The number of hydrogen-bond donors (Lipinski definition) is 2. The lowest BCUT2D eigenvalue weighted by molar-refractivity contribution is -0.133. The molecule has 2 amide bonds. The van der Waals surface area contributed by atoms with Crippen LogP contribution < -0.4 is 5.32 Å². The summed E-state index contributed by atoms with van der Waals surface area (Å²) in [5, 5.41) is 13.9. The number of nitrogens with one attached hydrogen (secondary N) is 1. The Morgan fingerprint density at radius 2 is 1.74 bits per heavy atom. The van der Waals surface area contributed by atoms with Crippen molar-refractivity contribution in [2.24, 2.45) is 0 Å². The summed E-state index contributed by atoms with van der Waals surface area (Å²) in [5.41, 5.74) is 1.59. The first-order valence-corrected chi connectivity index (χ1v) is 10.8. The van der Waals surface area contributed by atoms with Gasteiger partial charge in [0.05, 0.1) is 18.6 Å². The molecule has 2 aromatic carbocycles. The first-order valence-electron chi connectivity index (χ1n) is 10.8. The number of nitrogens with zero attached hydrogens (tertiary/aromatic N) is 1. The van der Waals surface area contributed by atoms with E-state index < -0.39 is 6.10 Å². The lowest BCUT2D eigenvalue weighted by Crippen LogP contribution is -2.45. The number of benzene rings is 2. The molecule has 166 valence electrons. The van der Waals surface area contributed by atoms with Crippen molar-refractivity contribution >= 4 is 11.8 Å². The zero-order valence-electron chi connectivity index (χ0n) is 18.2. The van der Waals surface area contributed by atoms with Crippen LogP contribution in [-0.2, 0) is 21.4 Å². The molecule has 3 atom stereocenters. The Balaban J connectivity index is 1.75. The van der Waals surface area contributed by atoms with Gasteiger partial charge in [0, 0.05) is 25.9 Å². The highest BCUT2D eigenvalue weighted by atomic mass is 19.1. The summed E-state index contributed by atoms with van der Waals surface area (Å²) in [5.74, 6) is -0.520. The Kier molecular flexibility index (Phi) is 7.44. The van der Waals surface area contributed by atoms with E-state index in [1.807, 2.05) is 18.2 Å². The fourth-order valence-electron chi connectivity index (χ4n) is 4.55. The molecule has 2 N–H and O–H groups in total. The summed E-state index contributed by atoms with van der Waals surface area (Å²) in [7, 11) is 1.73. The molecule has 0 saturated heterocycles. The molecular weight excluding hydrogens is 395 g/mol. The molecule has 0 unspecified atom stereocenters. The average Bonchev–Trinajstić information content (AvgIpc) is 2.93. The number of carbonyl (C=O) groups is 2. The van der Waals surface area contributed by atoms with E-state index in [2.05, 4.69) is 17.4 Å². The summed E-state index contributed by atoms with van der Waals surface area (Å²) < 4.78 is 13.1. The molecule has 31 heavy (non-hydrogen) atoms. The van der Waals surface area contributed by atoms with Gasteiger partial charge in [-0.1, -0.05) is 42.5 Å². The fraction of sp³-hybridized carbons (Fsp3) is 0.440. The van der Waals surface area contributed by atoms with E-state index in [-0.39, 0.29) is 35.5 Å². The van der Waals surface area contributed by atoms with Gasteiger partial charge in [-0.25, -0.2) is 4.39 Å². The van der Waals surface area contributed by atoms with Gasteiger partial charge < -0.3 is 15.3 Å². The summed E-state index contributed by atoms with van der Waals surface area (Å²) in [6, 6.07) is 15.7. The number of hydrogen-bond acceptors (Lipinski definition) is 3. The molecule has 0 bridgehead atoms. The van der Waals surface area contributed by atoms with Gasteiger partial charge in [0.15, 0.2) is 0 Å². The van der Waals surface area contributed by atoms with Crippen LogP contribution in [-0.4, -0.2) is 47.6 Å². The zero-order valence-corrected chi connectivity index (χ0v) is 18.2. The molecule has 2 aromatic rings. The van der Waals surface area contributed by atoms with Gasteiger partial charge in [-0.15, -0.1) is 0 Å². The highest BCUT2D eigenvalue weighted by Crippen LogP contribution is 2.39. The van der Waals surface area contributed by atoms with Crippen LogP contribution in [0.15, 0.2) is 54.6 Å². The maximum Gasteiger partial charge on any atom is 0.227 e.